The monoisotopic (exact) mass is 255 g/mol. The Balaban J connectivity index is 2.36. The zero-order valence-electron chi connectivity index (χ0n) is 11.3. The molecule has 0 bridgehead atoms. The average molecular weight is 255 g/mol. The number of nitrogens with zero attached hydrogens (tertiary/aromatic N) is 1. The Bertz CT molecular complexity index is 635. The fourth-order valence-corrected chi connectivity index (χ4v) is 1.85. The summed E-state index contributed by atoms with van der Waals surface area (Å²) < 4.78 is 5.80. The first-order chi connectivity index (χ1) is 8.97. The van der Waals surface area contributed by atoms with Gasteiger partial charge in [0.15, 0.2) is 0 Å². The van der Waals surface area contributed by atoms with Gasteiger partial charge in [-0.3, -0.25) is 5.41 Å². The normalized spacial score (nSPS) is 10.3. The predicted molar refractivity (Wildman–Crippen MR) is 76.0 cm³/mol. The number of nitrogens with two attached hydrogens (primary N) is 1. The van der Waals surface area contributed by atoms with Gasteiger partial charge in [0.05, 0.1) is 0 Å². The van der Waals surface area contributed by atoms with Crippen LogP contribution in [0.3, 0.4) is 0 Å². The molecule has 0 spiro atoms. The van der Waals surface area contributed by atoms with Gasteiger partial charge in [0, 0.05) is 17.8 Å². The molecular formula is C15H17N3O. The number of rotatable bonds is 3. The highest BCUT2D eigenvalue weighted by atomic mass is 16.5. The summed E-state index contributed by atoms with van der Waals surface area (Å²) in [5, 5.41) is 7.42. The number of aromatic nitrogens is 1. The van der Waals surface area contributed by atoms with Crippen LogP contribution in [0.25, 0.3) is 0 Å². The maximum absolute atomic E-state index is 7.42. The minimum atomic E-state index is 0.00407. The fourth-order valence-electron chi connectivity index (χ4n) is 1.85. The zero-order chi connectivity index (χ0) is 14.0. The predicted octanol–water partition coefficient (Wildman–Crippen LogP) is 3.08. The molecule has 0 aliphatic heterocycles. The Hall–Kier alpha value is -2.36. The van der Waals surface area contributed by atoms with E-state index in [0.29, 0.717) is 11.4 Å². The van der Waals surface area contributed by atoms with Crippen molar-refractivity contribution < 1.29 is 4.74 Å². The summed E-state index contributed by atoms with van der Waals surface area (Å²) in [6.07, 6.45) is 1.59. The Morgan fingerprint density at radius 1 is 1.21 bits per heavy atom. The molecule has 2 aromatic rings. The number of pyridine rings is 1. The van der Waals surface area contributed by atoms with E-state index in [1.165, 1.54) is 5.56 Å². The molecule has 4 nitrogen and oxygen atoms in total. The Kier molecular flexibility index (Phi) is 3.51. The van der Waals surface area contributed by atoms with E-state index in [9.17, 15) is 0 Å². The lowest BCUT2D eigenvalue weighted by Gasteiger charge is -2.11. The molecule has 3 N–H and O–H groups in total. The van der Waals surface area contributed by atoms with Crippen LogP contribution in [0.15, 0.2) is 30.5 Å². The topological polar surface area (TPSA) is 72.0 Å². The number of ether oxygens (including phenoxy) is 1. The highest BCUT2D eigenvalue weighted by Gasteiger charge is 2.07. The number of nitrogen functional groups attached to an aromatic ring is 1. The van der Waals surface area contributed by atoms with E-state index in [0.717, 1.165) is 16.9 Å². The molecule has 0 atom stereocenters. The average Bonchev–Trinajstić information content (AvgIpc) is 2.35. The van der Waals surface area contributed by atoms with Gasteiger partial charge in [-0.25, -0.2) is 4.98 Å². The lowest BCUT2D eigenvalue weighted by Crippen LogP contribution is -2.11. The smallest absolute Gasteiger partial charge is 0.219 e. The summed E-state index contributed by atoms with van der Waals surface area (Å²) in [7, 11) is 0. The Labute approximate surface area is 112 Å². The molecule has 19 heavy (non-hydrogen) atoms. The second-order valence-electron chi connectivity index (χ2n) is 4.60. The summed E-state index contributed by atoms with van der Waals surface area (Å²) >= 11 is 0. The minimum absolute atomic E-state index is 0.00407. The molecule has 2 rings (SSSR count). The van der Waals surface area contributed by atoms with Gasteiger partial charge in [0.1, 0.15) is 11.6 Å². The van der Waals surface area contributed by atoms with Gasteiger partial charge in [-0.05, 0) is 49.6 Å². The lowest BCUT2D eigenvalue weighted by molar-refractivity contribution is 0.458. The van der Waals surface area contributed by atoms with Crippen molar-refractivity contribution in [1.29, 1.82) is 5.41 Å². The maximum atomic E-state index is 7.42. The van der Waals surface area contributed by atoms with E-state index < -0.39 is 0 Å². The lowest BCUT2D eigenvalue weighted by atomic mass is 10.1. The number of nitrogens with one attached hydrogen (secondary N) is 1. The number of benzene rings is 1. The number of hydrogen-bond acceptors (Lipinski definition) is 3. The first-order valence-electron chi connectivity index (χ1n) is 6.03. The van der Waals surface area contributed by atoms with Crippen LogP contribution in [0.5, 0.6) is 11.6 Å². The third-order valence-electron chi connectivity index (χ3n) is 3.02. The van der Waals surface area contributed by atoms with Crippen LogP contribution in [0.4, 0.5) is 0 Å². The van der Waals surface area contributed by atoms with E-state index in [2.05, 4.69) is 18.0 Å². The van der Waals surface area contributed by atoms with Crippen LogP contribution in [-0.4, -0.2) is 10.8 Å². The number of amidine groups is 1. The summed E-state index contributed by atoms with van der Waals surface area (Å²) in [6.45, 7) is 6.09. The molecule has 0 saturated heterocycles. The van der Waals surface area contributed by atoms with Crippen molar-refractivity contribution in [3.8, 4) is 11.6 Å². The van der Waals surface area contributed by atoms with E-state index in [1.807, 2.05) is 19.9 Å². The maximum Gasteiger partial charge on any atom is 0.219 e. The van der Waals surface area contributed by atoms with Crippen LogP contribution in [0, 0.1) is 26.2 Å². The first-order valence-corrected chi connectivity index (χ1v) is 6.03. The number of hydrogen-bond donors (Lipinski definition) is 2. The van der Waals surface area contributed by atoms with Gasteiger partial charge in [-0.1, -0.05) is 6.07 Å². The summed E-state index contributed by atoms with van der Waals surface area (Å²) in [4.78, 5) is 4.14. The van der Waals surface area contributed by atoms with Gasteiger partial charge >= 0.3 is 0 Å². The molecule has 1 heterocycles. The molecule has 0 amide bonds. The molecule has 98 valence electrons. The molecule has 0 saturated carbocycles. The Morgan fingerprint density at radius 2 is 1.95 bits per heavy atom. The molecule has 0 aliphatic carbocycles. The summed E-state index contributed by atoms with van der Waals surface area (Å²) in [5.41, 5.74) is 9.46. The summed E-state index contributed by atoms with van der Waals surface area (Å²) in [5.74, 6) is 1.23. The van der Waals surface area contributed by atoms with Crippen LogP contribution in [0.1, 0.15) is 22.3 Å². The van der Waals surface area contributed by atoms with Crippen molar-refractivity contribution in [3.63, 3.8) is 0 Å². The molecular weight excluding hydrogens is 238 g/mol. The van der Waals surface area contributed by atoms with Crippen molar-refractivity contribution in [3.05, 3.63) is 52.7 Å². The third kappa shape index (κ3) is 2.91. The van der Waals surface area contributed by atoms with E-state index in [4.69, 9.17) is 15.9 Å². The van der Waals surface area contributed by atoms with Crippen LogP contribution in [0.2, 0.25) is 0 Å². The number of aryl methyl sites for hydroxylation is 2. The van der Waals surface area contributed by atoms with Crippen molar-refractivity contribution in [1.82, 2.24) is 4.98 Å². The van der Waals surface area contributed by atoms with Gasteiger partial charge in [0.25, 0.3) is 0 Å². The van der Waals surface area contributed by atoms with E-state index in [-0.39, 0.29) is 5.84 Å². The molecule has 1 aromatic carbocycles. The van der Waals surface area contributed by atoms with Crippen molar-refractivity contribution in [2.24, 2.45) is 5.73 Å². The zero-order valence-corrected chi connectivity index (χ0v) is 11.3. The molecule has 0 radical (unpaired) electrons. The largest absolute Gasteiger partial charge is 0.439 e. The van der Waals surface area contributed by atoms with Gasteiger partial charge in [-0.15, -0.1) is 0 Å². The minimum Gasteiger partial charge on any atom is -0.439 e. The van der Waals surface area contributed by atoms with Crippen molar-refractivity contribution in [2.45, 2.75) is 20.8 Å². The van der Waals surface area contributed by atoms with E-state index >= 15 is 0 Å². The third-order valence-corrected chi connectivity index (χ3v) is 3.02. The van der Waals surface area contributed by atoms with E-state index in [1.54, 1.807) is 18.3 Å². The standard InChI is InChI=1S/C15H17N3O/c1-9-6-10(2)11(3)13(7-9)19-14-8-12(15(16)17)4-5-18-14/h4-8H,1-3H3,(H3,16,17). The highest BCUT2D eigenvalue weighted by molar-refractivity contribution is 5.95. The van der Waals surface area contributed by atoms with Crippen LogP contribution < -0.4 is 10.5 Å². The molecule has 1 aromatic heterocycles. The second kappa shape index (κ2) is 5.10. The van der Waals surface area contributed by atoms with Crippen LogP contribution in [-0.2, 0) is 0 Å². The SMILES string of the molecule is Cc1cc(C)c(C)c(Oc2cc(C(=N)N)ccn2)c1. The van der Waals surface area contributed by atoms with Gasteiger partial charge in [-0.2, -0.15) is 0 Å². The van der Waals surface area contributed by atoms with Gasteiger partial charge in [0.2, 0.25) is 5.88 Å². The van der Waals surface area contributed by atoms with Crippen LogP contribution >= 0.6 is 0 Å². The van der Waals surface area contributed by atoms with Gasteiger partial charge < -0.3 is 10.5 Å². The quantitative estimate of drug-likeness (QED) is 0.654. The molecule has 0 aliphatic rings. The fraction of sp³-hybridized carbons (Fsp3) is 0.200. The first kappa shape index (κ1) is 13.1. The molecule has 4 heteroatoms. The highest BCUT2D eigenvalue weighted by Crippen LogP contribution is 2.27. The summed E-state index contributed by atoms with van der Waals surface area (Å²) in [6, 6.07) is 7.44. The van der Waals surface area contributed by atoms with Crippen molar-refractivity contribution in [2.75, 3.05) is 0 Å². The van der Waals surface area contributed by atoms with Crippen molar-refractivity contribution >= 4 is 5.84 Å². The second-order valence-corrected chi connectivity index (χ2v) is 4.60. The Morgan fingerprint density at radius 3 is 2.63 bits per heavy atom. The molecule has 0 fully saturated rings. The molecule has 0 unspecified atom stereocenters.